The van der Waals surface area contributed by atoms with Gasteiger partial charge in [0.1, 0.15) is 46.0 Å². The van der Waals surface area contributed by atoms with Crippen LogP contribution in [0.4, 0.5) is 34.1 Å². The summed E-state index contributed by atoms with van der Waals surface area (Å²) in [5.74, 6) is 6.15. The zero-order chi connectivity index (χ0) is 59.7. The summed E-state index contributed by atoms with van der Waals surface area (Å²) in [6.45, 7) is -0.462. The molecular weight excluding hydrogens is 1120 g/mol. The maximum atomic E-state index is 7.52. The van der Waals surface area contributed by atoms with Crippen LogP contribution in [0, 0.1) is 0 Å². The van der Waals surface area contributed by atoms with Crippen molar-refractivity contribution >= 4 is 91.1 Å². The fraction of sp³-hybridized carbons (Fsp3) is 0.0238. The van der Waals surface area contributed by atoms with Crippen molar-refractivity contribution in [2.45, 2.75) is 10.8 Å². The summed E-state index contributed by atoms with van der Waals surface area (Å²) >= 11 is 0. The Kier molecular flexibility index (Phi) is 9.39. The van der Waals surface area contributed by atoms with Gasteiger partial charge in [-0.25, -0.2) is 0 Å². The molecule has 14 aromatic carbocycles. The first kappa shape index (κ1) is 49.2. The first-order valence-corrected chi connectivity index (χ1v) is 31.8. The van der Waals surface area contributed by atoms with E-state index in [9.17, 15) is 0 Å². The molecule has 8 aliphatic rings. The fourth-order valence-corrected chi connectivity index (χ4v) is 18.0. The standard InChI is InChI=1S/C84H48B2N2O4/c1-2-22-50-42-74-66(41-49(50)21-1)86-68-47-67-75(48-76(68)92-80-46-52(45-79(90-74)82(80)86)88-71-38-18-13-33-63(71)84(64-34-14-19-39-72(64)88)59-29-9-5-25-55(59)56-26-6-10-30-60(56)84)91-78-44-51(43-77-81(78)85(67)65-35-15-20-40-73(65)89-77)87-69-36-16-11-31-61(69)83(62-32-12-17-37-70(62)87)57-27-7-3-23-53(57)54-24-4-8-28-58(54)83/h1-48H. The van der Waals surface area contributed by atoms with Crippen LogP contribution in [0.5, 0.6) is 46.0 Å². The van der Waals surface area contributed by atoms with Gasteiger partial charge < -0.3 is 28.7 Å². The van der Waals surface area contributed by atoms with Gasteiger partial charge in [-0.15, -0.1) is 0 Å². The molecule has 0 atom stereocenters. The van der Waals surface area contributed by atoms with Crippen molar-refractivity contribution in [2.24, 2.45) is 0 Å². The smallest absolute Gasteiger partial charge is 0.260 e. The molecule has 0 saturated carbocycles. The van der Waals surface area contributed by atoms with E-state index in [4.69, 9.17) is 18.9 Å². The van der Waals surface area contributed by atoms with Crippen molar-refractivity contribution < 1.29 is 18.9 Å². The van der Waals surface area contributed by atoms with E-state index >= 15 is 0 Å². The molecule has 0 N–H and O–H groups in total. The van der Waals surface area contributed by atoms with Crippen molar-refractivity contribution in [2.75, 3.05) is 9.80 Å². The topological polar surface area (TPSA) is 43.4 Å². The van der Waals surface area contributed by atoms with Crippen LogP contribution in [0.15, 0.2) is 291 Å². The van der Waals surface area contributed by atoms with Crippen LogP contribution in [-0.2, 0) is 10.8 Å². The molecule has 22 rings (SSSR count). The Balaban J connectivity index is 0.731. The highest BCUT2D eigenvalue weighted by molar-refractivity contribution is 7.01. The summed E-state index contributed by atoms with van der Waals surface area (Å²) in [4.78, 5) is 4.85. The van der Waals surface area contributed by atoms with E-state index in [1.807, 2.05) is 0 Å². The molecule has 6 aliphatic heterocycles. The minimum Gasteiger partial charge on any atom is -0.458 e. The Bertz CT molecular complexity index is 5510. The molecule has 92 heavy (non-hydrogen) atoms. The van der Waals surface area contributed by atoms with Crippen LogP contribution in [0.1, 0.15) is 44.5 Å². The molecule has 0 radical (unpaired) electrons. The first-order chi connectivity index (χ1) is 45.6. The number of hydrogen-bond acceptors (Lipinski definition) is 6. The van der Waals surface area contributed by atoms with Crippen molar-refractivity contribution in [1.29, 1.82) is 0 Å². The second kappa shape index (κ2) is 17.6. The molecule has 2 aliphatic carbocycles. The minimum atomic E-state index is -0.554. The number of hydrogen-bond donors (Lipinski definition) is 0. The van der Waals surface area contributed by atoms with Crippen LogP contribution in [0.25, 0.3) is 33.0 Å². The fourth-order valence-electron chi connectivity index (χ4n) is 18.0. The normalized spacial score (nSPS) is 15.2. The number of rotatable bonds is 2. The Morgan fingerprint density at radius 3 is 0.957 bits per heavy atom. The molecule has 0 fully saturated rings. The zero-order valence-corrected chi connectivity index (χ0v) is 49.4. The van der Waals surface area contributed by atoms with E-state index in [0.29, 0.717) is 0 Å². The molecule has 14 aromatic rings. The number of ether oxygens (including phenoxy) is 4. The number of fused-ring (bicyclic) bond motifs is 27. The summed E-state index contributed by atoms with van der Waals surface area (Å²) in [6.07, 6.45) is 0. The Labute approximate surface area is 531 Å². The summed E-state index contributed by atoms with van der Waals surface area (Å²) in [6, 6.07) is 107. The highest BCUT2D eigenvalue weighted by Crippen LogP contribution is 2.66. The Hall–Kier alpha value is -11.7. The van der Waals surface area contributed by atoms with E-state index in [1.165, 1.54) is 66.8 Å². The molecule has 0 unspecified atom stereocenters. The Morgan fingerprint density at radius 1 is 0.228 bits per heavy atom. The average molecular weight is 1170 g/mol. The lowest BCUT2D eigenvalue weighted by molar-refractivity contribution is 0.452. The van der Waals surface area contributed by atoms with Crippen LogP contribution >= 0.6 is 0 Å². The maximum Gasteiger partial charge on any atom is 0.260 e. The molecule has 2 spiro atoms. The lowest BCUT2D eigenvalue weighted by atomic mass is 9.31. The molecule has 0 amide bonds. The first-order valence-electron chi connectivity index (χ1n) is 31.8. The predicted octanol–water partition coefficient (Wildman–Crippen LogP) is 16.6. The van der Waals surface area contributed by atoms with Gasteiger partial charge in [0.05, 0.1) is 45.0 Å². The van der Waals surface area contributed by atoms with E-state index in [0.717, 1.165) is 124 Å². The van der Waals surface area contributed by atoms with Crippen LogP contribution in [-0.4, -0.2) is 13.4 Å². The highest BCUT2D eigenvalue weighted by Gasteiger charge is 2.55. The summed E-state index contributed by atoms with van der Waals surface area (Å²) in [7, 11) is 0. The van der Waals surface area contributed by atoms with Crippen molar-refractivity contribution in [3.8, 4) is 68.2 Å². The minimum absolute atomic E-state index is 0.218. The van der Waals surface area contributed by atoms with E-state index in [2.05, 4.69) is 301 Å². The molecule has 0 aromatic heterocycles. The van der Waals surface area contributed by atoms with E-state index < -0.39 is 10.8 Å². The van der Waals surface area contributed by atoms with Gasteiger partial charge >= 0.3 is 0 Å². The molecule has 0 bridgehead atoms. The Morgan fingerprint density at radius 2 is 0.533 bits per heavy atom. The van der Waals surface area contributed by atoms with E-state index in [1.54, 1.807) is 0 Å². The molecule has 424 valence electrons. The number of anilines is 6. The van der Waals surface area contributed by atoms with E-state index in [-0.39, 0.29) is 13.4 Å². The van der Waals surface area contributed by atoms with Gasteiger partial charge in [0.15, 0.2) is 0 Å². The number of para-hydroxylation sites is 5. The van der Waals surface area contributed by atoms with Gasteiger partial charge in [-0.3, -0.25) is 0 Å². The molecule has 6 heterocycles. The van der Waals surface area contributed by atoms with Gasteiger partial charge in [-0.1, -0.05) is 224 Å². The van der Waals surface area contributed by atoms with Gasteiger partial charge in [0.2, 0.25) is 0 Å². The third kappa shape index (κ3) is 6.04. The summed E-state index contributed by atoms with van der Waals surface area (Å²) < 4.78 is 29.5. The summed E-state index contributed by atoms with van der Waals surface area (Å²) in [5.41, 5.74) is 26.6. The third-order valence-electron chi connectivity index (χ3n) is 21.4. The van der Waals surface area contributed by atoms with Crippen LogP contribution in [0.3, 0.4) is 0 Å². The van der Waals surface area contributed by atoms with Gasteiger partial charge in [-0.2, -0.15) is 0 Å². The second-order valence-electron chi connectivity index (χ2n) is 25.6. The van der Waals surface area contributed by atoms with Crippen molar-refractivity contribution in [1.82, 2.24) is 0 Å². The maximum absolute atomic E-state index is 7.52. The van der Waals surface area contributed by atoms with Crippen molar-refractivity contribution in [3.05, 3.63) is 336 Å². The zero-order valence-electron chi connectivity index (χ0n) is 49.4. The van der Waals surface area contributed by atoms with Crippen LogP contribution < -0.4 is 61.5 Å². The highest BCUT2D eigenvalue weighted by atomic mass is 16.5. The molecule has 8 heteroatoms. The SMILES string of the molecule is c1ccc2c(c1)Oc1cc(N3c4ccccc4C4(c5ccccc5-c5ccccc54)c4ccccc43)cc3c1B2c1cc2c(cc1O3)Oc1cc(N3c4ccccc4C4(c5ccccc5-c5ccccc54)c4ccccc43)cc3c1B2c1cc2ccccc2cc1O3. The molecular formula is C84H48B2N2O4. The van der Waals surface area contributed by atoms with Crippen molar-refractivity contribution in [3.63, 3.8) is 0 Å². The monoisotopic (exact) mass is 1170 g/mol. The molecule has 0 saturated heterocycles. The lowest BCUT2D eigenvalue weighted by Gasteiger charge is -2.45. The van der Waals surface area contributed by atoms with Gasteiger partial charge in [-0.05, 0) is 136 Å². The molecule has 6 nitrogen and oxygen atoms in total. The van der Waals surface area contributed by atoms with Crippen LogP contribution in [0.2, 0.25) is 0 Å². The summed E-state index contributed by atoms with van der Waals surface area (Å²) in [5, 5.41) is 2.27. The predicted molar refractivity (Wildman–Crippen MR) is 370 cm³/mol. The third-order valence-corrected chi connectivity index (χ3v) is 21.4. The van der Waals surface area contributed by atoms with Gasteiger partial charge in [0.25, 0.3) is 13.4 Å². The average Bonchev–Trinajstić information content (AvgIpc) is 1.42. The lowest BCUT2D eigenvalue weighted by Crippen LogP contribution is -2.61. The quantitative estimate of drug-likeness (QED) is 0.161. The number of nitrogens with zero attached hydrogens (tertiary/aromatic N) is 2. The largest absolute Gasteiger partial charge is 0.458 e. The van der Waals surface area contributed by atoms with Gasteiger partial charge in [0, 0.05) is 41.3 Å². The second-order valence-corrected chi connectivity index (χ2v) is 25.6. The number of benzene rings is 14.